The molecule has 0 N–H and O–H groups in total. The predicted molar refractivity (Wildman–Crippen MR) is 108 cm³/mol. The van der Waals surface area contributed by atoms with E-state index in [0.29, 0.717) is 18.8 Å². The van der Waals surface area contributed by atoms with Crippen molar-refractivity contribution in [1.29, 1.82) is 0 Å². The summed E-state index contributed by atoms with van der Waals surface area (Å²) in [5, 5.41) is 0.818. The highest BCUT2D eigenvalue weighted by atomic mass is 19.1. The quantitative estimate of drug-likeness (QED) is 0.638. The molecule has 1 aliphatic heterocycles. The monoisotopic (exact) mass is 391 g/mol. The highest BCUT2D eigenvalue weighted by Crippen LogP contribution is 2.32. The summed E-state index contributed by atoms with van der Waals surface area (Å²) in [6.45, 7) is 2.94. The molecule has 3 aromatic rings. The number of carbonyl (C=O) groups is 2. The number of fused-ring (bicyclic) bond motifs is 1. The molecule has 6 heteroatoms. The maximum absolute atomic E-state index is 13.7. The topological polar surface area (TPSA) is 63.2 Å². The normalized spacial score (nSPS) is 14.9. The molecule has 0 unspecified atom stereocenters. The molecule has 0 bridgehead atoms. The number of aryl methyl sites for hydroxylation is 1. The van der Waals surface area contributed by atoms with Gasteiger partial charge in [0.2, 0.25) is 5.78 Å². The highest BCUT2D eigenvalue weighted by molar-refractivity contribution is 6.36. The van der Waals surface area contributed by atoms with Gasteiger partial charge in [-0.15, -0.1) is 0 Å². The number of benzene rings is 1. The molecule has 2 aromatic heterocycles. The fraction of sp³-hybridized carbons (Fsp3) is 0.304. The largest absolute Gasteiger partial charge is 0.336 e. The average molecular weight is 391 g/mol. The zero-order chi connectivity index (χ0) is 20.4. The van der Waals surface area contributed by atoms with Crippen LogP contribution in [-0.2, 0) is 16.0 Å². The van der Waals surface area contributed by atoms with Crippen LogP contribution in [0.25, 0.3) is 10.9 Å². The summed E-state index contributed by atoms with van der Waals surface area (Å²) in [7, 11) is 0. The van der Waals surface area contributed by atoms with Crippen molar-refractivity contribution in [3.8, 4) is 0 Å². The first-order valence-corrected chi connectivity index (χ1v) is 9.79. The van der Waals surface area contributed by atoms with Gasteiger partial charge >= 0.3 is 0 Å². The molecule has 0 aliphatic carbocycles. The number of carbonyl (C=O) groups excluding carboxylic acids is 2. The first-order valence-electron chi connectivity index (χ1n) is 9.79. The fourth-order valence-electron chi connectivity index (χ4n) is 3.91. The second-order valence-electron chi connectivity index (χ2n) is 7.55. The molecule has 1 aliphatic rings. The van der Waals surface area contributed by atoms with Crippen LogP contribution in [0.2, 0.25) is 0 Å². The Morgan fingerprint density at radius 3 is 2.62 bits per heavy atom. The van der Waals surface area contributed by atoms with Gasteiger partial charge in [0.05, 0.1) is 11.9 Å². The number of Topliss-reactive ketones (excluding diaryl/α,β-unsaturated/α-hetero) is 1. The Hall–Kier alpha value is -3.15. The highest BCUT2D eigenvalue weighted by Gasteiger charge is 2.28. The minimum absolute atomic E-state index is 0.0211. The Bertz CT molecular complexity index is 1060. The van der Waals surface area contributed by atoms with Crippen LogP contribution in [0.4, 0.5) is 4.39 Å². The minimum Gasteiger partial charge on any atom is -0.336 e. The summed E-state index contributed by atoms with van der Waals surface area (Å²) in [5.74, 6) is -0.956. The van der Waals surface area contributed by atoms with E-state index in [-0.39, 0.29) is 18.2 Å². The minimum atomic E-state index is -0.448. The van der Waals surface area contributed by atoms with E-state index >= 15 is 0 Å². The molecule has 1 amide bonds. The van der Waals surface area contributed by atoms with Gasteiger partial charge in [0.25, 0.3) is 5.91 Å². The number of ketones is 1. The van der Waals surface area contributed by atoms with Gasteiger partial charge < -0.3 is 4.90 Å². The Morgan fingerprint density at radius 1 is 1.10 bits per heavy atom. The van der Waals surface area contributed by atoms with E-state index in [1.807, 2.05) is 19.1 Å². The number of likely N-dealkylation sites (tertiary alicyclic amines) is 1. The number of hydrogen-bond acceptors (Lipinski definition) is 4. The lowest BCUT2D eigenvalue weighted by Crippen LogP contribution is -2.42. The second kappa shape index (κ2) is 8.07. The molecule has 29 heavy (non-hydrogen) atoms. The van der Waals surface area contributed by atoms with Crippen molar-refractivity contribution in [2.24, 2.45) is 0 Å². The molecule has 1 saturated heterocycles. The van der Waals surface area contributed by atoms with Crippen molar-refractivity contribution in [2.75, 3.05) is 13.1 Å². The van der Waals surface area contributed by atoms with Crippen LogP contribution in [-0.4, -0.2) is 39.6 Å². The van der Waals surface area contributed by atoms with Gasteiger partial charge in [0.15, 0.2) is 0 Å². The Labute approximate surface area is 168 Å². The molecule has 5 nitrogen and oxygen atoms in total. The molecular formula is C23H22FN3O2. The van der Waals surface area contributed by atoms with Crippen molar-refractivity contribution in [1.82, 2.24) is 14.9 Å². The summed E-state index contributed by atoms with van der Waals surface area (Å²) in [4.78, 5) is 35.1. The standard InChI is InChI=1S/C23H22FN3O2/c1-15-2-4-18(26-14-15)13-22(28)23(29)27-10-7-16(8-11-27)19-6-9-25-21-5-3-17(24)12-20(19)21/h2-6,9,12,14,16H,7-8,10-11,13H2,1H3. The van der Waals surface area contributed by atoms with Crippen LogP contribution in [0.15, 0.2) is 48.8 Å². The molecule has 4 rings (SSSR count). The zero-order valence-corrected chi connectivity index (χ0v) is 16.3. The molecule has 1 aromatic carbocycles. The number of rotatable bonds is 4. The van der Waals surface area contributed by atoms with Crippen molar-refractivity contribution in [3.05, 3.63) is 71.4 Å². The van der Waals surface area contributed by atoms with Crippen molar-refractivity contribution in [2.45, 2.75) is 32.1 Å². The van der Waals surface area contributed by atoms with Gasteiger partial charge in [-0.05, 0) is 67.1 Å². The number of nitrogens with zero attached hydrogens (tertiary/aromatic N) is 3. The lowest BCUT2D eigenvalue weighted by atomic mass is 9.87. The summed E-state index contributed by atoms with van der Waals surface area (Å²) in [6, 6.07) is 10.2. The average Bonchev–Trinajstić information content (AvgIpc) is 2.74. The molecule has 0 saturated carbocycles. The first-order chi connectivity index (χ1) is 14.0. The van der Waals surface area contributed by atoms with Gasteiger partial charge in [-0.1, -0.05) is 6.07 Å². The van der Waals surface area contributed by atoms with E-state index in [2.05, 4.69) is 9.97 Å². The van der Waals surface area contributed by atoms with Crippen LogP contribution in [0.5, 0.6) is 0 Å². The second-order valence-corrected chi connectivity index (χ2v) is 7.55. The molecule has 1 fully saturated rings. The lowest BCUT2D eigenvalue weighted by Gasteiger charge is -2.32. The van der Waals surface area contributed by atoms with Crippen molar-refractivity contribution < 1.29 is 14.0 Å². The first kappa shape index (κ1) is 19.2. The maximum atomic E-state index is 13.7. The van der Waals surface area contributed by atoms with Gasteiger partial charge in [-0.3, -0.25) is 19.6 Å². The molecular weight excluding hydrogens is 369 g/mol. The predicted octanol–water partition coefficient (Wildman–Crippen LogP) is 3.60. The number of halogens is 1. The number of hydrogen-bond donors (Lipinski definition) is 0. The van der Waals surface area contributed by atoms with E-state index in [1.54, 1.807) is 29.4 Å². The fourth-order valence-corrected chi connectivity index (χ4v) is 3.91. The van der Waals surface area contributed by atoms with Crippen LogP contribution in [0.1, 0.15) is 35.6 Å². The third-order valence-electron chi connectivity index (χ3n) is 5.51. The van der Waals surface area contributed by atoms with E-state index in [4.69, 9.17) is 0 Å². The molecule has 3 heterocycles. The van der Waals surface area contributed by atoms with Gasteiger partial charge in [0, 0.05) is 36.6 Å². The van der Waals surface area contributed by atoms with E-state index in [0.717, 1.165) is 34.9 Å². The SMILES string of the molecule is Cc1ccc(CC(=O)C(=O)N2CCC(c3ccnc4ccc(F)cc34)CC2)nc1. The van der Waals surface area contributed by atoms with Gasteiger partial charge in [0.1, 0.15) is 5.82 Å². The van der Waals surface area contributed by atoms with Crippen LogP contribution in [0, 0.1) is 12.7 Å². The Kier molecular flexibility index (Phi) is 5.34. The number of pyridine rings is 2. The smallest absolute Gasteiger partial charge is 0.290 e. The third kappa shape index (κ3) is 4.16. The van der Waals surface area contributed by atoms with Gasteiger partial charge in [-0.2, -0.15) is 0 Å². The summed E-state index contributed by atoms with van der Waals surface area (Å²) in [5.41, 5.74) is 3.44. The van der Waals surface area contributed by atoms with Gasteiger partial charge in [-0.25, -0.2) is 4.39 Å². The summed E-state index contributed by atoms with van der Waals surface area (Å²) >= 11 is 0. The van der Waals surface area contributed by atoms with Crippen molar-refractivity contribution >= 4 is 22.6 Å². The molecule has 0 atom stereocenters. The zero-order valence-electron chi connectivity index (χ0n) is 16.3. The number of aromatic nitrogens is 2. The van der Waals surface area contributed by atoms with E-state index < -0.39 is 11.7 Å². The van der Waals surface area contributed by atoms with E-state index in [9.17, 15) is 14.0 Å². The molecule has 0 radical (unpaired) electrons. The van der Waals surface area contributed by atoms with Crippen LogP contribution in [0.3, 0.4) is 0 Å². The molecule has 148 valence electrons. The lowest BCUT2D eigenvalue weighted by molar-refractivity contribution is -0.145. The number of amides is 1. The number of piperidine rings is 1. The summed E-state index contributed by atoms with van der Waals surface area (Å²) < 4.78 is 13.7. The molecule has 0 spiro atoms. The summed E-state index contributed by atoms with van der Waals surface area (Å²) in [6.07, 6.45) is 4.92. The van der Waals surface area contributed by atoms with Crippen LogP contribution >= 0.6 is 0 Å². The Morgan fingerprint density at radius 2 is 1.90 bits per heavy atom. The van der Waals surface area contributed by atoms with Crippen LogP contribution < -0.4 is 0 Å². The third-order valence-corrected chi connectivity index (χ3v) is 5.51. The maximum Gasteiger partial charge on any atom is 0.290 e. The van der Waals surface area contributed by atoms with Crippen molar-refractivity contribution in [3.63, 3.8) is 0 Å². The Balaban J connectivity index is 1.41. The van der Waals surface area contributed by atoms with E-state index in [1.165, 1.54) is 12.1 Å².